The normalized spacial score (nSPS) is 10.6. The van der Waals surface area contributed by atoms with Crippen LogP contribution in [0.5, 0.6) is 0 Å². The minimum absolute atomic E-state index is 0.0976. The van der Waals surface area contributed by atoms with Gasteiger partial charge in [-0.05, 0) is 17.0 Å². The van der Waals surface area contributed by atoms with E-state index >= 15 is 0 Å². The molecule has 0 unspecified atom stereocenters. The summed E-state index contributed by atoms with van der Waals surface area (Å²) in [6.07, 6.45) is 2.01. The van der Waals surface area contributed by atoms with Crippen molar-refractivity contribution in [2.75, 3.05) is 0 Å². The van der Waals surface area contributed by atoms with E-state index in [1.54, 1.807) is 17.6 Å². The Labute approximate surface area is 104 Å². The van der Waals surface area contributed by atoms with Crippen molar-refractivity contribution >= 4 is 23.5 Å². The molecular weight excluding hydrogens is 232 g/mol. The molecule has 0 radical (unpaired) electrons. The maximum Gasteiger partial charge on any atom is 0.245 e. The monoisotopic (exact) mass is 244 g/mol. The van der Waals surface area contributed by atoms with Gasteiger partial charge in [0.1, 0.15) is 0 Å². The van der Waals surface area contributed by atoms with Gasteiger partial charge < -0.3 is 0 Å². The van der Waals surface area contributed by atoms with Crippen molar-refractivity contribution in [2.24, 2.45) is 5.10 Å². The Hall–Kier alpha value is -1.94. The summed E-state index contributed by atoms with van der Waals surface area (Å²) in [7, 11) is 0. The highest BCUT2D eigenvalue weighted by Gasteiger charge is 2.01. The number of nitrogens with zero attached hydrogens (tertiary/aromatic N) is 1. The number of benzene rings is 1. The lowest BCUT2D eigenvalue weighted by Gasteiger charge is -1.97. The number of nitrogens with one attached hydrogen (secondary N) is 1. The molecule has 2 aromatic rings. The summed E-state index contributed by atoms with van der Waals surface area (Å²) < 4.78 is 0. The van der Waals surface area contributed by atoms with Crippen molar-refractivity contribution < 1.29 is 4.79 Å². The van der Waals surface area contributed by atoms with Crippen molar-refractivity contribution in [1.29, 1.82) is 0 Å². The van der Waals surface area contributed by atoms with Gasteiger partial charge in [0.25, 0.3) is 0 Å². The van der Waals surface area contributed by atoms with Crippen molar-refractivity contribution in [3.8, 4) is 0 Å². The van der Waals surface area contributed by atoms with Crippen molar-refractivity contribution in [1.82, 2.24) is 5.43 Å². The van der Waals surface area contributed by atoms with Gasteiger partial charge in [-0.2, -0.15) is 5.10 Å². The fraction of sp³-hybridized carbons (Fsp3) is 0.0769. The standard InChI is InChI=1S/C13H12N2OS/c16-13(9-12-7-4-8-17-12)15-14-10-11-5-2-1-3-6-11/h1-8,10H,9H2,(H,15,16)/b14-10-. The molecule has 1 heterocycles. The number of hydrazone groups is 1. The van der Waals surface area contributed by atoms with Crippen LogP contribution in [-0.4, -0.2) is 12.1 Å². The molecule has 2 rings (SSSR count). The van der Waals surface area contributed by atoms with Crippen molar-refractivity contribution in [2.45, 2.75) is 6.42 Å². The lowest BCUT2D eigenvalue weighted by atomic mass is 10.2. The third-order valence-corrected chi connectivity index (χ3v) is 2.99. The van der Waals surface area contributed by atoms with Crippen LogP contribution in [-0.2, 0) is 11.2 Å². The number of thiophene rings is 1. The second kappa shape index (κ2) is 5.96. The van der Waals surface area contributed by atoms with Gasteiger partial charge in [0.15, 0.2) is 0 Å². The zero-order valence-corrected chi connectivity index (χ0v) is 9.98. The zero-order chi connectivity index (χ0) is 11.9. The van der Waals surface area contributed by atoms with Gasteiger partial charge in [0.2, 0.25) is 5.91 Å². The Morgan fingerprint density at radius 2 is 2.06 bits per heavy atom. The number of hydrogen-bond donors (Lipinski definition) is 1. The lowest BCUT2D eigenvalue weighted by molar-refractivity contribution is -0.120. The molecule has 0 aliphatic rings. The van der Waals surface area contributed by atoms with Gasteiger partial charge in [-0.25, -0.2) is 5.43 Å². The summed E-state index contributed by atoms with van der Waals surface area (Å²) in [5.74, 6) is -0.0976. The summed E-state index contributed by atoms with van der Waals surface area (Å²) in [6, 6.07) is 13.5. The fourth-order valence-electron chi connectivity index (χ4n) is 1.33. The van der Waals surface area contributed by atoms with Gasteiger partial charge in [0, 0.05) is 4.88 Å². The first-order chi connectivity index (χ1) is 8.34. The minimum atomic E-state index is -0.0976. The van der Waals surface area contributed by atoms with E-state index in [1.807, 2.05) is 47.8 Å². The molecule has 4 heteroatoms. The lowest BCUT2D eigenvalue weighted by Crippen LogP contribution is -2.19. The number of carbonyl (C=O) groups excluding carboxylic acids is 1. The highest BCUT2D eigenvalue weighted by atomic mass is 32.1. The fourth-order valence-corrected chi connectivity index (χ4v) is 2.03. The first-order valence-electron chi connectivity index (χ1n) is 5.24. The van der Waals surface area contributed by atoms with Crippen molar-refractivity contribution in [3.63, 3.8) is 0 Å². The maximum atomic E-state index is 11.5. The smallest absolute Gasteiger partial charge is 0.245 e. The average Bonchev–Trinajstić information content (AvgIpc) is 2.83. The Morgan fingerprint density at radius 1 is 1.24 bits per heavy atom. The van der Waals surface area contributed by atoms with E-state index in [-0.39, 0.29) is 5.91 Å². The van der Waals surface area contributed by atoms with Gasteiger partial charge >= 0.3 is 0 Å². The molecule has 0 saturated carbocycles. The number of rotatable bonds is 4. The minimum Gasteiger partial charge on any atom is -0.273 e. The molecule has 1 amide bonds. The zero-order valence-electron chi connectivity index (χ0n) is 9.17. The Balaban J connectivity index is 1.82. The predicted molar refractivity (Wildman–Crippen MR) is 70.2 cm³/mol. The molecule has 0 atom stereocenters. The Bertz CT molecular complexity index is 491. The summed E-state index contributed by atoms with van der Waals surface area (Å²) in [5, 5.41) is 5.86. The molecule has 0 spiro atoms. The highest BCUT2D eigenvalue weighted by Crippen LogP contribution is 2.08. The second-order valence-corrected chi connectivity index (χ2v) is 4.49. The largest absolute Gasteiger partial charge is 0.273 e. The van der Waals surface area contributed by atoms with Crippen LogP contribution in [0, 0.1) is 0 Å². The molecule has 0 aliphatic heterocycles. The number of hydrogen-bond acceptors (Lipinski definition) is 3. The SMILES string of the molecule is O=C(Cc1cccs1)N/N=C\c1ccccc1. The first-order valence-corrected chi connectivity index (χ1v) is 6.12. The number of amides is 1. The van der Waals surface area contributed by atoms with E-state index < -0.39 is 0 Å². The molecule has 0 saturated heterocycles. The molecule has 3 nitrogen and oxygen atoms in total. The van der Waals surface area contributed by atoms with E-state index in [0.717, 1.165) is 10.4 Å². The van der Waals surface area contributed by atoms with Gasteiger partial charge in [-0.15, -0.1) is 11.3 Å². The van der Waals surface area contributed by atoms with Gasteiger partial charge in [-0.3, -0.25) is 4.79 Å². The quantitative estimate of drug-likeness (QED) is 0.651. The van der Waals surface area contributed by atoms with Gasteiger partial charge in [0.05, 0.1) is 12.6 Å². The third kappa shape index (κ3) is 3.85. The molecule has 17 heavy (non-hydrogen) atoms. The molecular formula is C13H12N2OS. The number of carbonyl (C=O) groups is 1. The molecule has 1 aromatic heterocycles. The summed E-state index contributed by atoms with van der Waals surface area (Å²) in [4.78, 5) is 12.5. The molecule has 0 bridgehead atoms. The van der Waals surface area contributed by atoms with E-state index in [2.05, 4.69) is 10.5 Å². The van der Waals surface area contributed by atoms with Gasteiger partial charge in [-0.1, -0.05) is 36.4 Å². The second-order valence-electron chi connectivity index (χ2n) is 3.46. The molecule has 86 valence electrons. The molecule has 1 N–H and O–H groups in total. The Morgan fingerprint density at radius 3 is 2.76 bits per heavy atom. The molecule has 1 aromatic carbocycles. The van der Waals surface area contributed by atoms with Crippen LogP contribution in [0.3, 0.4) is 0 Å². The van der Waals surface area contributed by atoms with Crippen LogP contribution < -0.4 is 5.43 Å². The van der Waals surface area contributed by atoms with Crippen LogP contribution in [0.15, 0.2) is 52.9 Å². The summed E-state index contributed by atoms with van der Waals surface area (Å²) >= 11 is 1.57. The summed E-state index contributed by atoms with van der Waals surface area (Å²) in [6.45, 7) is 0. The van der Waals surface area contributed by atoms with E-state index in [0.29, 0.717) is 6.42 Å². The van der Waals surface area contributed by atoms with Crippen LogP contribution in [0.1, 0.15) is 10.4 Å². The average molecular weight is 244 g/mol. The molecule has 0 aliphatic carbocycles. The topological polar surface area (TPSA) is 41.5 Å². The Kier molecular flexibility index (Phi) is 4.05. The first kappa shape index (κ1) is 11.5. The third-order valence-electron chi connectivity index (χ3n) is 2.12. The highest BCUT2D eigenvalue weighted by molar-refractivity contribution is 7.10. The van der Waals surface area contributed by atoms with Crippen LogP contribution in [0.4, 0.5) is 0 Å². The van der Waals surface area contributed by atoms with Crippen LogP contribution in [0.2, 0.25) is 0 Å². The predicted octanol–water partition coefficient (Wildman–Crippen LogP) is 2.44. The molecule has 0 fully saturated rings. The van der Waals surface area contributed by atoms with Crippen LogP contribution >= 0.6 is 11.3 Å². The van der Waals surface area contributed by atoms with E-state index in [4.69, 9.17) is 0 Å². The maximum absolute atomic E-state index is 11.5. The van der Waals surface area contributed by atoms with E-state index in [9.17, 15) is 4.79 Å². The van der Waals surface area contributed by atoms with Crippen molar-refractivity contribution in [3.05, 3.63) is 58.3 Å². The summed E-state index contributed by atoms with van der Waals surface area (Å²) in [5.41, 5.74) is 3.47. The van der Waals surface area contributed by atoms with Crippen LogP contribution in [0.25, 0.3) is 0 Å². The van der Waals surface area contributed by atoms with E-state index in [1.165, 1.54) is 0 Å².